The fourth-order valence-electron chi connectivity index (χ4n) is 7.85. The average molecular weight is 832 g/mol. The van der Waals surface area contributed by atoms with E-state index in [9.17, 15) is 22.8 Å². The molecule has 0 radical (unpaired) electrons. The number of rotatable bonds is 12. The number of amides is 3. The van der Waals surface area contributed by atoms with Crippen LogP contribution in [0.5, 0.6) is 5.75 Å². The molecule has 3 aliphatic rings. The first kappa shape index (κ1) is 41.1. The van der Waals surface area contributed by atoms with E-state index in [0.717, 1.165) is 37.1 Å². The van der Waals surface area contributed by atoms with Crippen LogP contribution in [0.3, 0.4) is 0 Å². The van der Waals surface area contributed by atoms with Crippen molar-refractivity contribution in [3.8, 4) is 5.75 Å². The molecule has 2 fully saturated rings. The van der Waals surface area contributed by atoms with E-state index in [1.54, 1.807) is 50.2 Å². The summed E-state index contributed by atoms with van der Waals surface area (Å²) < 4.78 is 48.4. The molecule has 4 heterocycles. The normalized spacial score (nSPS) is 17.8. The van der Waals surface area contributed by atoms with Crippen molar-refractivity contribution in [2.75, 3.05) is 23.7 Å². The van der Waals surface area contributed by atoms with Gasteiger partial charge in [-0.1, -0.05) is 29.8 Å². The Bertz CT molecular complexity index is 2390. The van der Waals surface area contributed by atoms with Gasteiger partial charge in [-0.3, -0.25) is 24.6 Å². The van der Waals surface area contributed by atoms with Crippen LogP contribution >= 0.6 is 11.6 Å². The first-order chi connectivity index (χ1) is 27.6. The quantitative estimate of drug-likeness (QED) is 0.124. The monoisotopic (exact) mass is 831 g/mol. The number of hydrogen-bond acceptors (Lipinski definition) is 11. The maximum absolute atomic E-state index is 15.9. The van der Waals surface area contributed by atoms with Crippen molar-refractivity contribution in [2.24, 2.45) is 0 Å². The molecule has 2 saturated heterocycles. The lowest BCUT2D eigenvalue weighted by Gasteiger charge is -2.33. The van der Waals surface area contributed by atoms with Gasteiger partial charge in [0.1, 0.15) is 22.6 Å². The highest BCUT2D eigenvalue weighted by Crippen LogP contribution is 2.39. The molecule has 1 aromatic heterocycles. The average Bonchev–Trinajstić information content (AvgIpc) is 3.51. The van der Waals surface area contributed by atoms with Gasteiger partial charge in [-0.2, -0.15) is 4.98 Å². The number of nitrogens with one attached hydrogen (secondary N) is 3. The molecule has 3 N–H and O–H groups in total. The molecule has 3 aliphatic heterocycles. The molecule has 306 valence electrons. The predicted molar refractivity (Wildman–Crippen MR) is 219 cm³/mol. The van der Waals surface area contributed by atoms with E-state index in [2.05, 4.69) is 36.9 Å². The molecule has 1 atom stereocenters. The van der Waals surface area contributed by atoms with Crippen LogP contribution in [0.4, 0.5) is 27.5 Å². The number of anilines is 4. The molecule has 3 aromatic carbocycles. The van der Waals surface area contributed by atoms with Crippen molar-refractivity contribution in [3.63, 3.8) is 0 Å². The summed E-state index contributed by atoms with van der Waals surface area (Å²) in [5, 5.41) is 8.26. The van der Waals surface area contributed by atoms with E-state index < -0.39 is 38.8 Å². The number of hydrogen-bond donors (Lipinski definition) is 3. The number of ether oxygens (including phenoxy) is 1. The third kappa shape index (κ3) is 8.38. The number of aromatic nitrogens is 2. The second-order valence-corrected chi connectivity index (χ2v) is 18.5. The number of sulfone groups is 1. The minimum Gasteiger partial charge on any atom is -0.489 e. The molecule has 13 nitrogen and oxygen atoms in total. The van der Waals surface area contributed by atoms with E-state index in [-0.39, 0.29) is 64.6 Å². The number of benzene rings is 3. The van der Waals surface area contributed by atoms with E-state index in [4.69, 9.17) is 16.3 Å². The molecule has 0 bridgehead atoms. The Kier molecular flexibility index (Phi) is 11.8. The Balaban J connectivity index is 1.04. The molecular formula is C42H47ClFN7O6S. The van der Waals surface area contributed by atoms with Crippen molar-refractivity contribution < 1.29 is 31.9 Å². The number of para-hydroxylation sites is 1. The lowest BCUT2D eigenvalue weighted by molar-refractivity contribution is -0.136. The molecule has 0 spiro atoms. The molecule has 3 amide bonds. The Labute approximate surface area is 342 Å². The van der Waals surface area contributed by atoms with Gasteiger partial charge in [0, 0.05) is 29.7 Å². The third-order valence-electron chi connectivity index (χ3n) is 10.9. The van der Waals surface area contributed by atoms with E-state index in [0.29, 0.717) is 34.8 Å². The molecule has 0 aliphatic carbocycles. The number of aryl methyl sites for hydroxylation is 1. The zero-order valence-electron chi connectivity index (χ0n) is 33.1. The molecule has 4 aromatic rings. The fraction of sp³-hybridized carbons (Fsp3) is 0.405. The SMILES string of the molecule is Cc1cc(Nc2ncc(Cl)c(Nc3ccccc3S(=O)(=O)C(C)C)n2)c(OC(C)C)cc1C1CCN(Cc2ccc3c(c2F)CN(C2CCC(=O)NC2=O)C3=O)CC1. The van der Waals surface area contributed by atoms with Gasteiger partial charge in [-0.25, -0.2) is 17.8 Å². The smallest absolute Gasteiger partial charge is 0.255 e. The highest BCUT2D eigenvalue weighted by atomic mass is 35.5. The van der Waals surface area contributed by atoms with Crippen LogP contribution < -0.4 is 20.7 Å². The van der Waals surface area contributed by atoms with Crippen LogP contribution in [0.25, 0.3) is 0 Å². The highest BCUT2D eigenvalue weighted by Gasteiger charge is 2.40. The zero-order valence-corrected chi connectivity index (χ0v) is 34.6. The van der Waals surface area contributed by atoms with Crippen molar-refractivity contribution in [1.82, 2.24) is 25.1 Å². The Morgan fingerprint density at radius 1 is 1.00 bits per heavy atom. The van der Waals surface area contributed by atoms with Crippen LogP contribution in [0.1, 0.15) is 91.9 Å². The van der Waals surface area contributed by atoms with Gasteiger partial charge < -0.3 is 20.3 Å². The number of carbonyl (C=O) groups excluding carboxylic acids is 3. The van der Waals surface area contributed by atoms with Gasteiger partial charge in [0.25, 0.3) is 5.91 Å². The minimum atomic E-state index is -3.59. The van der Waals surface area contributed by atoms with Crippen LogP contribution in [0, 0.1) is 12.7 Å². The van der Waals surface area contributed by atoms with E-state index in [1.807, 2.05) is 26.8 Å². The van der Waals surface area contributed by atoms with Gasteiger partial charge in [0.2, 0.25) is 17.8 Å². The molecule has 58 heavy (non-hydrogen) atoms. The van der Waals surface area contributed by atoms with Gasteiger partial charge in [-0.15, -0.1) is 0 Å². The summed E-state index contributed by atoms with van der Waals surface area (Å²) in [6.45, 7) is 11.1. The second kappa shape index (κ2) is 16.6. The Morgan fingerprint density at radius 2 is 1.74 bits per heavy atom. The Hall–Kier alpha value is -5.12. The molecular weight excluding hydrogens is 785 g/mol. The number of imide groups is 1. The van der Waals surface area contributed by atoms with Crippen LogP contribution in [0.15, 0.2) is 59.6 Å². The van der Waals surface area contributed by atoms with E-state index >= 15 is 4.39 Å². The summed E-state index contributed by atoms with van der Waals surface area (Å²) >= 11 is 6.50. The first-order valence-electron chi connectivity index (χ1n) is 19.5. The largest absolute Gasteiger partial charge is 0.489 e. The predicted octanol–water partition coefficient (Wildman–Crippen LogP) is 7.17. The molecule has 16 heteroatoms. The second-order valence-electron chi connectivity index (χ2n) is 15.6. The molecule has 7 rings (SSSR count). The van der Waals surface area contributed by atoms with E-state index in [1.165, 1.54) is 11.1 Å². The lowest BCUT2D eigenvalue weighted by Crippen LogP contribution is -2.52. The third-order valence-corrected chi connectivity index (χ3v) is 13.4. The zero-order chi connectivity index (χ0) is 41.5. The number of likely N-dealkylation sites (tertiary alicyclic amines) is 1. The number of fused-ring (bicyclic) bond motifs is 1. The van der Waals surface area contributed by atoms with Gasteiger partial charge in [0.15, 0.2) is 15.7 Å². The number of carbonyl (C=O) groups is 3. The molecule has 1 unspecified atom stereocenters. The van der Waals surface area contributed by atoms with Gasteiger partial charge >= 0.3 is 0 Å². The summed E-state index contributed by atoms with van der Waals surface area (Å²) in [5.41, 5.74) is 4.27. The van der Waals surface area contributed by atoms with Crippen molar-refractivity contribution in [3.05, 3.63) is 93.4 Å². The standard InChI is InChI=1S/C42H47ClFN7O6S/c1-23(2)57-35-19-29(25(5)18-33(35)47-42-45-20-31(43)39(49-42)46-32-8-6-7-9-36(32)58(55,56)24(3)4)26-14-16-50(17-15-26)21-27-10-11-28-30(38(27)44)22-51(41(28)54)34-12-13-37(52)48-40(34)53/h6-11,18-20,23-24,26,34H,12-17,21-22H2,1-5H3,(H,48,52,53)(H2,45,46,47,49). The highest BCUT2D eigenvalue weighted by molar-refractivity contribution is 7.92. The number of halogens is 2. The summed E-state index contributed by atoms with van der Waals surface area (Å²) in [7, 11) is -3.59. The maximum Gasteiger partial charge on any atom is 0.255 e. The van der Waals surface area contributed by atoms with Crippen molar-refractivity contribution in [2.45, 2.75) is 102 Å². The Morgan fingerprint density at radius 3 is 2.45 bits per heavy atom. The summed E-state index contributed by atoms with van der Waals surface area (Å²) in [4.78, 5) is 50.0. The fourth-order valence-corrected chi connectivity index (χ4v) is 9.19. The van der Waals surface area contributed by atoms with Crippen molar-refractivity contribution >= 4 is 62.3 Å². The van der Waals surface area contributed by atoms with Crippen molar-refractivity contribution in [1.29, 1.82) is 0 Å². The molecule has 0 saturated carbocycles. The lowest BCUT2D eigenvalue weighted by atomic mass is 9.86. The van der Waals surface area contributed by atoms with Crippen LogP contribution in [-0.2, 0) is 32.5 Å². The minimum absolute atomic E-state index is 0.00527. The first-order valence-corrected chi connectivity index (χ1v) is 21.4. The van der Waals surface area contributed by atoms with Gasteiger partial charge in [-0.05, 0) is 114 Å². The van der Waals surface area contributed by atoms with Crippen LogP contribution in [-0.4, -0.2) is 76.4 Å². The van der Waals surface area contributed by atoms with Crippen LogP contribution in [0.2, 0.25) is 5.02 Å². The summed E-state index contributed by atoms with van der Waals surface area (Å²) in [6, 6.07) is 13.2. The maximum atomic E-state index is 15.9. The topological polar surface area (TPSA) is 163 Å². The van der Waals surface area contributed by atoms with Gasteiger partial charge in [0.05, 0.1) is 40.4 Å². The number of piperidine rings is 2. The summed E-state index contributed by atoms with van der Waals surface area (Å²) in [5.74, 6) is -0.384. The summed E-state index contributed by atoms with van der Waals surface area (Å²) in [6.07, 6.45) is 3.35. The number of nitrogens with zero attached hydrogens (tertiary/aromatic N) is 4.